The number of piperidine rings is 1. The first-order chi connectivity index (χ1) is 15.1. The number of carbonyl (C=O) groups is 1. The molecule has 0 saturated carbocycles. The molecule has 32 heavy (non-hydrogen) atoms. The maximum absolute atomic E-state index is 13.9. The normalized spacial score (nSPS) is 15.3. The van der Waals surface area contributed by atoms with E-state index in [1.165, 1.54) is 18.5 Å². The highest BCUT2D eigenvalue weighted by atomic mass is 19.2. The van der Waals surface area contributed by atoms with E-state index in [2.05, 4.69) is 15.3 Å². The van der Waals surface area contributed by atoms with Gasteiger partial charge in [0.25, 0.3) is 0 Å². The van der Waals surface area contributed by atoms with E-state index in [1.54, 1.807) is 31.9 Å². The number of hydrogen-bond donors (Lipinski definition) is 1. The fourth-order valence-electron chi connectivity index (χ4n) is 3.40. The largest absolute Gasteiger partial charge is 0.528 e. The van der Waals surface area contributed by atoms with Gasteiger partial charge in [0.1, 0.15) is 23.6 Å². The first kappa shape index (κ1) is 23.6. The molecule has 2 heterocycles. The van der Waals surface area contributed by atoms with E-state index in [0.29, 0.717) is 30.6 Å². The van der Waals surface area contributed by atoms with Gasteiger partial charge in [-0.1, -0.05) is 6.07 Å². The van der Waals surface area contributed by atoms with Crippen LogP contribution in [0.4, 0.5) is 30.9 Å². The zero-order valence-electron chi connectivity index (χ0n) is 18.8. The van der Waals surface area contributed by atoms with E-state index in [0.717, 1.165) is 25.5 Å². The van der Waals surface area contributed by atoms with Crippen LogP contribution in [-0.4, -0.2) is 53.5 Å². The highest BCUT2D eigenvalue weighted by molar-refractivity contribution is 5.60. The summed E-state index contributed by atoms with van der Waals surface area (Å²) in [6, 6.07) is 5.61. The Hall–Kier alpha value is -3.01. The van der Waals surface area contributed by atoms with E-state index < -0.39 is 23.4 Å². The highest BCUT2D eigenvalue weighted by Crippen LogP contribution is 2.24. The second-order valence-electron chi connectivity index (χ2n) is 8.80. The summed E-state index contributed by atoms with van der Waals surface area (Å²) >= 11 is 0. The third-order valence-corrected chi connectivity index (χ3v) is 4.96. The van der Waals surface area contributed by atoms with Crippen LogP contribution in [0.5, 0.6) is 0 Å². The number of benzene rings is 1. The third-order valence-electron chi connectivity index (χ3n) is 4.96. The van der Waals surface area contributed by atoms with Gasteiger partial charge in [-0.2, -0.15) is 0 Å². The summed E-state index contributed by atoms with van der Waals surface area (Å²) in [7, 11) is 1.92. The minimum Gasteiger partial charge on any atom is -0.427 e. The summed E-state index contributed by atoms with van der Waals surface area (Å²) in [5, 5.41) is 4.42. The minimum atomic E-state index is -0.957. The number of nitrogens with one attached hydrogen (secondary N) is 1. The summed E-state index contributed by atoms with van der Waals surface area (Å²) in [4.78, 5) is 27.5. The molecule has 1 aliphatic rings. The molecule has 0 spiro atoms. The summed E-state index contributed by atoms with van der Waals surface area (Å²) in [6.07, 6.45) is 2.38. The van der Waals surface area contributed by atoms with Crippen molar-refractivity contribution < 1.29 is 23.1 Å². The summed E-state index contributed by atoms with van der Waals surface area (Å²) < 4.78 is 32.5. The van der Waals surface area contributed by atoms with E-state index in [9.17, 15) is 13.6 Å². The predicted octanol–water partition coefficient (Wildman–Crippen LogP) is 4.51. The van der Waals surface area contributed by atoms with Crippen molar-refractivity contribution >= 4 is 23.5 Å². The zero-order valence-corrected chi connectivity index (χ0v) is 18.8. The van der Waals surface area contributed by atoms with E-state index in [-0.39, 0.29) is 5.69 Å². The molecule has 0 amide bonds. The quantitative estimate of drug-likeness (QED) is 0.645. The van der Waals surface area contributed by atoms with Crippen LogP contribution in [0.2, 0.25) is 0 Å². The Balaban J connectivity index is 1.51. The van der Waals surface area contributed by atoms with Crippen LogP contribution in [0.15, 0.2) is 30.6 Å². The second kappa shape index (κ2) is 10.1. The lowest BCUT2D eigenvalue weighted by molar-refractivity contribution is -0.154. The van der Waals surface area contributed by atoms with Gasteiger partial charge in [0.2, 0.25) is 0 Å². The molecule has 1 N–H and O–H groups in total. The Labute approximate surface area is 186 Å². The number of anilines is 3. The molecule has 3 rings (SSSR count). The van der Waals surface area contributed by atoms with Gasteiger partial charge < -0.3 is 19.8 Å². The number of ether oxygens (including phenoxy) is 1. The second-order valence-corrected chi connectivity index (χ2v) is 8.80. The van der Waals surface area contributed by atoms with Crippen molar-refractivity contribution in [2.24, 2.45) is 5.92 Å². The van der Waals surface area contributed by atoms with Gasteiger partial charge in [0, 0.05) is 32.7 Å². The Morgan fingerprint density at radius 2 is 1.97 bits per heavy atom. The predicted molar refractivity (Wildman–Crippen MR) is 117 cm³/mol. The fraction of sp³-hybridized carbons (Fsp3) is 0.500. The van der Waals surface area contributed by atoms with E-state index >= 15 is 0 Å². The number of halogens is 2. The van der Waals surface area contributed by atoms with Crippen molar-refractivity contribution in [1.29, 1.82) is 0 Å². The van der Waals surface area contributed by atoms with Crippen molar-refractivity contribution in [3.05, 3.63) is 42.2 Å². The van der Waals surface area contributed by atoms with Crippen LogP contribution in [0.3, 0.4) is 0 Å². The topological polar surface area (TPSA) is 79.8 Å². The van der Waals surface area contributed by atoms with Crippen molar-refractivity contribution in [3.63, 3.8) is 0 Å². The van der Waals surface area contributed by atoms with Gasteiger partial charge >= 0.3 is 6.16 Å². The smallest absolute Gasteiger partial charge is 0.427 e. The number of hydrogen-bond acceptors (Lipinski definition) is 8. The van der Waals surface area contributed by atoms with Crippen molar-refractivity contribution in [2.75, 3.05) is 36.9 Å². The Morgan fingerprint density at radius 3 is 2.66 bits per heavy atom. The fourth-order valence-corrected chi connectivity index (χ4v) is 3.40. The molecule has 0 bridgehead atoms. The number of nitrogens with zero attached hydrogens (tertiary/aromatic N) is 4. The Morgan fingerprint density at radius 1 is 1.25 bits per heavy atom. The van der Waals surface area contributed by atoms with Gasteiger partial charge in [-0.3, -0.25) is 0 Å². The molecule has 8 nitrogen and oxygen atoms in total. The van der Waals surface area contributed by atoms with Crippen LogP contribution in [0, 0.1) is 17.6 Å². The lowest BCUT2D eigenvalue weighted by Gasteiger charge is -2.33. The molecule has 1 saturated heterocycles. The van der Waals surface area contributed by atoms with Crippen LogP contribution in [0.25, 0.3) is 0 Å². The maximum atomic E-state index is 13.9. The maximum Gasteiger partial charge on any atom is 0.528 e. The lowest BCUT2D eigenvalue weighted by atomic mass is 9.97. The molecule has 0 atom stereocenters. The Kier molecular flexibility index (Phi) is 7.44. The summed E-state index contributed by atoms with van der Waals surface area (Å²) in [5.41, 5.74) is -0.584. The molecule has 10 heteroatoms. The van der Waals surface area contributed by atoms with Gasteiger partial charge in [-0.05, 0) is 51.7 Å². The number of rotatable bonds is 6. The Bertz CT molecular complexity index is 930. The molecule has 2 aromatic rings. The first-order valence-electron chi connectivity index (χ1n) is 10.5. The van der Waals surface area contributed by atoms with Crippen LogP contribution in [-0.2, 0) is 9.57 Å². The molecule has 1 aromatic heterocycles. The van der Waals surface area contributed by atoms with E-state index in [1.807, 2.05) is 11.9 Å². The lowest BCUT2D eigenvalue weighted by Crippen LogP contribution is -2.40. The van der Waals surface area contributed by atoms with E-state index in [4.69, 9.17) is 9.57 Å². The molecule has 174 valence electrons. The van der Waals surface area contributed by atoms with Crippen molar-refractivity contribution in [3.8, 4) is 0 Å². The van der Waals surface area contributed by atoms with Gasteiger partial charge in [-0.25, -0.2) is 23.5 Å². The molecule has 1 fully saturated rings. The summed E-state index contributed by atoms with van der Waals surface area (Å²) in [5.74, 6) is -0.478. The molecular formula is C22H29F2N5O3. The van der Waals surface area contributed by atoms with Crippen LogP contribution in [0.1, 0.15) is 33.6 Å². The van der Waals surface area contributed by atoms with Gasteiger partial charge in [-0.15, -0.1) is 5.06 Å². The number of hydroxylamine groups is 2. The zero-order chi connectivity index (χ0) is 23.3. The van der Waals surface area contributed by atoms with Crippen molar-refractivity contribution in [2.45, 2.75) is 39.2 Å². The van der Waals surface area contributed by atoms with Gasteiger partial charge in [0.15, 0.2) is 11.6 Å². The molecular weight excluding hydrogens is 420 g/mol. The molecule has 1 aliphatic heterocycles. The van der Waals surface area contributed by atoms with Gasteiger partial charge in [0.05, 0.1) is 5.69 Å². The average Bonchev–Trinajstić information content (AvgIpc) is 2.72. The highest BCUT2D eigenvalue weighted by Gasteiger charge is 2.26. The molecule has 0 unspecified atom stereocenters. The third kappa shape index (κ3) is 6.74. The average molecular weight is 450 g/mol. The monoisotopic (exact) mass is 449 g/mol. The van der Waals surface area contributed by atoms with Crippen LogP contribution < -0.4 is 10.2 Å². The summed E-state index contributed by atoms with van der Waals surface area (Å²) in [6.45, 7) is 7.35. The molecule has 0 aliphatic carbocycles. The SMILES string of the molecule is CN(CC1CCN(OC(=O)OC(C)(C)C)CC1)c1cc(Nc2cccc(F)c2F)ncn1. The molecule has 1 aromatic carbocycles. The van der Waals surface area contributed by atoms with Crippen LogP contribution >= 0.6 is 0 Å². The number of aromatic nitrogens is 2. The number of carbonyl (C=O) groups excluding carboxylic acids is 1. The molecule has 0 radical (unpaired) electrons. The first-order valence-corrected chi connectivity index (χ1v) is 10.5. The standard InChI is InChI=1S/C22H29F2N5O3/c1-22(2,3)31-21(30)32-29-10-8-15(9-11-29)13-28(4)19-12-18(25-14-26-19)27-17-7-5-6-16(23)20(17)24/h5-7,12,14-15H,8-11,13H2,1-4H3,(H,25,26,27). The van der Waals surface area contributed by atoms with Crippen molar-refractivity contribution in [1.82, 2.24) is 15.0 Å². The minimum absolute atomic E-state index is 0.00895.